The summed E-state index contributed by atoms with van der Waals surface area (Å²) in [5.74, 6) is 0.929. The highest BCUT2D eigenvalue weighted by Crippen LogP contribution is 2.21. The normalized spacial score (nSPS) is 10.7. The van der Waals surface area contributed by atoms with Crippen molar-refractivity contribution in [2.45, 2.75) is 0 Å². The molecule has 6 heteroatoms. The quantitative estimate of drug-likeness (QED) is 0.691. The highest BCUT2D eigenvalue weighted by Gasteiger charge is 2.12. The van der Waals surface area contributed by atoms with Crippen molar-refractivity contribution in [2.24, 2.45) is 7.05 Å². The minimum Gasteiger partial charge on any atom is -0.399 e. The van der Waals surface area contributed by atoms with E-state index in [2.05, 4.69) is 15.2 Å². The molecule has 0 aliphatic carbocycles. The highest BCUT2D eigenvalue weighted by molar-refractivity contribution is 5.60. The molecule has 0 saturated heterocycles. The van der Waals surface area contributed by atoms with E-state index in [1.165, 1.54) is 0 Å². The van der Waals surface area contributed by atoms with Gasteiger partial charge < -0.3 is 10.3 Å². The van der Waals surface area contributed by atoms with Crippen LogP contribution in [0.5, 0.6) is 0 Å². The van der Waals surface area contributed by atoms with Crippen molar-refractivity contribution in [3.8, 4) is 23.0 Å². The molecule has 0 amide bonds. The molecule has 2 aromatic heterocycles. The number of rotatable bonds is 2. The van der Waals surface area contributed by atoms with Crippen LogP contribution in [0, 0.1) is 0 Å². The number of nitrogen functional groups attached to an aromatic ring is 1. The topological polar surface area (TPSA) is 82.8 Å². The van der Waals surface area contributed by atoms with Gasteiger partial charge in [0.1, 0.15) is 0 Å². The molecule has 0 fully saturated rings. The van der Waals surface area contributed by atoms with Crippen LogP contribution < -0.4 is 5.73 Å². The SMILES string of the molecule is Cn1ccc(-c2nc(-c3ccc(N)cc3)no2)n1. The molecule has 0 saturated carbocycles. The van der Waals surface area contributed by atoms with Crippen molar-refractivity contribution >= 4 is 5.69 Å². The molecule has 0 aliphatic heterocycles. The van der Waals surface area contributed by atoms with Crippen LogP contribution in [0.3, 0.4) is 0 Å². The van der Waals surface area contributed by atoms with E-state index in [1.807, 2.05) is 31.4 Å². The Bertz CT molecular complexity index is 668. The molecule has 3 aromatic rings. The third-order valence-electron chi connectivity index (χ3n) is 2.53. The predicted octanol–water partition coefficient (Wildman–Crippen LogP) is 1.72. The largest absolute Gasteiger partial charge is 0.399 e. The molecule has 1 aromatic carbocycles. The molecule has 0 aliphatic rings. The molecule has 2 N–H and O–H groups in total. The minimum atomic E-state index is 0.405. The number of hydrogen-bond donors (Lipinski definition) is 1. The van der Waals surface area contributed by atoms with E-state index in [-0.39, 0.29) is 0 Å². The number of benzene rings is 1. The molecule has 0 radical (unpaired) electrons. The standard InChI is InChI=1S/C12H11N5O/c1-17-7-6-10(15-17)12-14-11(16-18-12)8-2-4-9(13)5-3-8/h2-7H,13H2,1H3. The third-order valence-corrected chi connectivity index (χ3v) is 2.53. The molecule has 0 unspecified atom stereocenters. The zero-order valence-corrected chi connectivity index (χ0v) is 9.74. The molecule has 90 valence electrons. The van der Waals surface area contributed by atoms with Gasteiger partial charge in [-0.05, 0) is 30.3 Å². The molecule has 0 bridgehead atoms. The lowest BCUT2D eigenvalue weighted by atomic mass is 10.2. The van der Waals surface area contributed by atoms with Gasteiger partial charge in [-0.3, -0.25) is 4.68 Å². The van der Waals surface area contributed by atoms with Gasteiger partial charge in [0.05, 0.1) is 0 Å². The van der Waals surface area contributed by atoms with Crippen LogP contribution in [0.4, 0.5) is 5.69 Å². The van der Waals surface area contributed by atoms with Gasteiger partial charge in [-0.15, -0.1) is 0 Å². The maximum absolute atomic E-state index is 5.63. The Morgan fingerprint density at radius 1 is 1.17 bits per heavy atom. The summed E-state index contributed by atoms with van der Waals surface area (Å²) in [7, 11) is 1.83. The smallest absolute Gasteiger partial charge is 0.278 e. The molecule has 3 rings (SSSR count). The van der Waals surface area contributed by atoms with E-state index < -0.39 is 0 Å². The maximum atomic E-state index is 5.63. The fourth-order valence-electron chi connectivity index (χ4n) is 1.61. The van der Waals surface area contributed by atoms with Crippen LogP contribution in [0.2, 0.25) is 0 Å². The van der Waals surface area contributed by atoms with Gasteiger partial charge in [0.2, 0.25) is 5.82 Å². The zero-order chi connectivity index (χ0) is 12.5. The average Bonchev–Trinajstić information content (AvgIpc) is 2.98. The summed E-state index contributed by atoms with van der Waals surface area (Å²) < 4.78 is 6.86. The molecule has 18 heavy (non-hydrogen) atoms. The number of aryl methyl sites for hydroxylation is 1. The van der Waals surface area contributed by atoms with E-state index in [4.69, 9.17) is 10.3 Å². The van der Waals surface area contributed by atoms with E-state index in [9.17, 15) is 0 Å². The summed E-state index contributed by atoms with van der Waals surface area (Å²) in [5, 5.41) is 8.13. The molecular weight excluding hydrogens is 230 g/mol. The Balaban J connectivity index is 1.96. The van der Waals surface area contributed by atoms with Crippen molar-refractivity contribution in [3.05, 3.63) is 36.5 Å². The fourth-order valence-corrected chi connectivity index (χ4v) is 1.61. The van der Waals surface area contributed by atoms with Crippen molar-refractivity contribution in [1.82, 2.24) is 19.9 Å². The van der Waals surface area contributed by atoms with Crippen LogP contribution >= 0.6 is 0 Å². The highest BCUT2D eigenvalue weighted by atomic mass is 16.5. The van der Waals surface area contributed by atoms with E-state index in [0.29, 0.717) is 23.1 Å². The first-order valence-corrected chi connectivity index (χ1v) is 5.42. The molecular formula is C12H11N5O. The monoisotopic (exact) mass is 241 g/mol. The van der Waals surface area contributed by atoms with Crippen molar-refractivity contribution < 1.29 is 4.52 Å². The summed E-state index contributed by atoms with van der Waals surface area (Å²) in [4.78, 5) is 4.30. The Labute approximate surface area is 103 Å². The fraction of sp³-hybridized carbons (Fsp3) is 0.0833. The van der Waals surface area contributed by atoms with E-state index >= 15 is 0 Å². The number of aromatic nitrogens is 4. The van der Waals surface area contributed by atoms with Gasteiger partial charge in [0.15, 0.2) is 5.69 Å². The number of nitrogens with zero attached hydrogens (tertiary/aromatic N) is 4. The minimum absolute atomic E-state index is 0.405. The van der Waals surface area contributed by atoms with Gasteiger partial charge in [0.25, 0.3) is 5.89 Å². The summed E-state index contributed by atoms with van der Waals surface area (Å²) in [6.45, 7) is 0. The lowest BCUT2D eigenvalue weighted by Gasteiger charge is -1.94. The lowest BCUT2D eigenvalue weighted by molar-refractivity contribution is 0.430. The van der Waals surface area contributed by atoms with E-state index in [1.54, 1.807) is 16.8 Å². The van der Waals surface area contributed by atoms with Crippen LogP contribution in [0.1, 0.15) is 0 Å². The second kappa shape index (κ2) is 3.99. The molecule has 0 spiro atoms. The lowest BCUT2D eigenvalue weighted by Crippen LogP contribution is -1.88. The second-order valence-electron chi connectivity index (χ2n) is 3.92. The number of anilines is 1. The molecule has 6 nitrogen and oxygen atoms in total. The zero-order valence-electron chi connectivity index (χ0n) is 9.74. The van der Waals surface area contributed by atoms with Crippen molar-refractivity contribution in [3.63, 3.8) is 0 Å². The van der Waals surface area contributed by atoms with Crippen LogP contribution in [-0.2, 0) is 7.05 Å². The van der Waals surface area contributed by atoms with E-state index in [0.717, 1.165) is 5.56 Å². The molecule has 0 atom stereocenters. The number of hydrogen-bond acceptors (Lipinski definition) is 5. The Hall–Kier alpha value is -2.63. The Kier molecular flexibility index (Phi) is 2.33. The van der Waals surface area contributed by atoms with Gasteiger partial charge in [-0.1, -0.05) is 5.16 Å². The van der Waals surface area contributed by atoms with Crippen LogP contribution in [0.25, 0.3) is 23.0 Å². The first-order chi connectivity index (χ1) is 8.72. The second-order valence-corrected chi connectivity index (χ2v) is 3.92. The number of nitrogens with two attached hydrogens (primary N) is 1. The van der Waals surface area contributed by atoms with Gasteiger partial charge >= 0.3 is 0 Å². The summed E-state index contributed by atoms with van der Waals surface area (Å²) >= 11 is 0. The van der Waals surface area contributed by atoms with Gasteiger partial charge in [-0.25, -0.2) is 0 Å². The summed E-state index contributed by atoms with van der Waals surface area (Å²) in [6, 6.07) is 9.11. The maximum Gasteiger partial charge on any atom is 0.278 e. The van der Waals surface area contributed by atoms with Gasteiger partial charge in [-0.2, -0.15) is 10.1 Å². The first-order valence-electron chi connectivity index (χ1n) is 5.42. The Morgan fingerprint density at radius 2 is 1.94 bits per heavy atom. The summed E-state index contributed by atoms with van der Waals surface area (Å²) in [5.41, 5.74) is 7.84. The first kappa shape index (κ1) is 10.5. The Morgan fingerprint density at radius 3 is 2.61 bits per heavy atom. The summed E-state index contributed by atoms with van der Waals surface area (Å²) in [6.07, 6.45) is 1.82. The predicted molar refractivity (Wildman–Crippen MR) is 66.3 cm³/mol. The van der Waals surface area contributed by atoms with Crippen LogP contribution in [0.15, 0.2) is 41.1 Å². The van der Waals surface area contributed by atoms with Crippen molar-refractivity contribution in [2.75, 3.05) is 5.73 Å². The average molecular weight is 241 g/mol. The van der Waals surface area contributed by atoms with Gasteiger partial charge in [0, 0.05) is 24.5 Å². The molecule has 2 heterocycles. The van der Waals surface area contributed by atoms with Crippen LogP contribution in [-0.4, -0.2) is 19.9 Å². The van der Waals surface area contributed by atoms with Crippen molar-refractivity contribution in [1.29, 1.82) is 0 Å². The third kappa shape index (κ3) is 1.84.